The zero-order valence-corrected chi connectivity index (χ0v) is 11.9. The molecule has 23 heavy (non-hydrogen) atoms. The van der Waals surface area contributed by atoms with Crippen molar-refractivity contribution in [1.29, 1.82) is 0 Å². The molecule has 3 heterocycles. The maximum atomic E-state index is 11.8. The normalized spacial score (nSPS) is 27.3. The number of aromatic nitrogens is 4. The minimum atomic E-state index is -1.10. The Balaban J connectivity index is 2.05. The summed E-state index contributed by atoms with van der Waals surface area (Å²) in [5, 5.41) is 19.5. The minimum absolute atomic E-state index is 0.0531. The van der Waals surface area contributed by atoms with Gasteiger partial charge in [0.15, 0.2) is 17.4 Å². The molecule has 10 nitrogen and oxygen atoms in total. The molecule has 122 valence electrons. The second-order valence-corrected chi connectivity index (χ2v) is 4.99. The van der Waals surface area contributed by atoms with Crippen LogP contribution in [0.1, 0.15) is 6.23 Å². The van der Waals surface area contributed by atoms with E-state index in [9.17, 15) is 15.0 Å². The number of nitrogen functional groups attached to an aromatic ring is 1. The van der Waals surface area contributed by atoms with E-state index in [0.717, 1.165) is 0 Å². The highest BCUT2D eigenvalue weighted by Gasteiger charge is 2.45. The Morgan fingerprint density at radius 2 is 2.39 bits per heavy atom. The summed E-state index contributed by atoms with van der Waals surface area (Å²) in [7, 11) is 0. The number of hydrogen-bond donors (Lipinski definition) is 4. The average Bonchev–Trinajstić information content (AvgIpc) is 3.06. The Morgan fingerprint density at radius 1 is 1.61 bits per heavy atom. The molecule has 2 aromatic rings. The lowest BCUT2D eigenvalue weighted by Gasteiger charge is -2.20. The van der Waals surface area contributed by atoms with Gasteiger partial charge in [0.2, 0.25) is 5.95 Å². The Labute approximate surface area is 129 Å². The molecule has 0 spiro atoms. The van der Waals surface area contributed by atoms with E-state index in [1.165, 1.54) is 10.9 Å². The number of terminal acetylenes is 1. The molecule has 0 bridgehead atoms. The van der Waals surface area contributed by atoms with Gasteiger partial charge in [0, 0.05) is 0 Å². The first-order valence-corrected chi connectivity index (χ1v) is 6.78. The topological polar surface area (TPSA) is 149 Å². The van der Waals surface area contributed by atoms with Gasteiger partial charge >= 0.3 is 0 Å². The van der Waals surface area contributed by atoms with Crippen molar-refractivity contribution in [3.63, 3.8) is 0 Å². The number of nitrogens with one attached hydrogen (secondary N) is 1. The lowest BCUT2D eigenvalue weighted by Crippen LogP contribution is -2.35. The standard InChI is InChI=1S/C13H15N5O5/c1-2-3-22-9-8(20)6(4-19)23-12(9)18-5-15-7-10(18)16-13(14)17-11(7)21/h1,5-6,8-9,12,19-20H,3-4H2,(H3,14,16,17,21). The van der Waals surface area contributed by atoms with Crippen LogP contribution in [0.25, 0.3) is 11.2 Å². The molecule has 0 aliphatic carbocycles. The number of aromatic amines is 1. The van der Waals surface area contributed by atoms with Gasteiger partial charge < -0.3 is 25.4 Å². The maximum Gasteiger partial charge on any atom is 0.280 e. The third kappa shape index (κ3) is 2.55. The van der Waals surface area contributed by atoms with Gasteiger partial charge in [0.1, 0.15) is 24.9 Å². The summed E-state index contributed by atoms with van der Waals surface area (Å²) in [5.41, 5.74) is 5.30. The van der Waals surface area contributed by atoms with Crippen molar-refractivity contribution in [1.82, 2.24) is 19.5 Å². The molecule has 0 saturated carbocycles. The Kier molecular flexibility index (Phi) is 4.01. The van der Waals surface area contributed by atoms with E-state index < -0.39 is 36.7 Å². The summed E-state index contributed by atoms with van der Waals surface area (Å²) < 4.78 is 12.4. The van der Waals surface area contributed by atoms with Crippen LogP contribution in [0.2, 0.25) is 0 Å². The molecular formula is C13H15N5O5. The van der Waals surface area contributed by atoms with Crippen LogP contribution in [0.5, 0.6) is 0 Å². The summed E-state index contributed by atoms with van der Waals surface area (Å²) in [4.78, 5) is 22.2. The summed E-state index contributed by atoms with van der Waals surface area (Å²) >= 11 is 0. The Morgan fingerprint density at radius 3 is 3.09 bits per heavy atom. The van der Waals surface area contributed by atoms with E-state index >= 15 is 0 Å². The number of aliphatic hydroxyl groups excluding tert-OH is 2. The van der Waals surface area contributed by atoms with Crippen LogP contribution in [0, 0.1) is 12.3 Å². The zero-order valence-electron chi connectivity index (χ0n) is 11.9. The van der Waals surface area contributed by atoms with Crippen LogP contribution in [0.3, 0.4) is 0 Å². The van der Waals surface area contributed by atoms with Gasteiger partial charge in [-0.2, -0.15) is 4.98 Å². The molecular weight excluding hydrogens is 306 g/mol. The highest BCUT2D eigenvalue weighted by Crippen LogP contribution is 2.33. The van der Waals surface area contributed by atoms with Crippen molar-refractivity contribution >= 4 is 17.1 Å². The van der Waals surface area contributed by atoms with Gasteiger partial charge in [-0.15, -0.1) is 6.42 Å². The molecule has 0 aromatic carbocycles. The number of anilines is 1. The van der Waals surface area contributed by atoms with Crippen molar-refractivity contribution in [3.05, 3.63) is 16.7 Å². The van der Waals surface area contributed by atoms with Gasteiger partial charge in [-0.3, -0.25) is 14.3 Å². The highest BCUT2D eigenvalue weighted by molar-refractivity contribution is 5.70. The molecule has 2 aromatic heterocycles. The number of hydrogen-bond acceptors (Lipinski definition) is 8. The van der Waals surface area contributed by atoms with Crippen LogP contribution in [-0.4, -0.2) is 61.3 Å². The quantitative estimate of drug-likeness (QED) is 0.471. The zero-order chi connectivity index (χ0) is 16.6. The van der Waals surface area contributed by atoms with Crippen molar-refractivity contribution < 1.29 is 19.7 Å². The number of imidazole rings is 1. The number of nitrogens with two attached hydrogens (primary N) is 1. The first-order valence-electron chi connectivity index (χ1n) is 6.78. The smallest absolute Gasteiger partial charge is 0.280 e. The molecule has 1 aliphatic rings. The van der Waals surface area contributed by atoms with Gasteiger partial charge in [-0.05, 0) is 0 Å². The number of H-pyrrole nitrogens is 1. The maximum absolute atomic E-state index is 11.8. The van der Waals surface area contributed by atoms with E-state index in [0.29, 0.717) is 0 Å². The van der Waals surface area contributed by atoms with Crippen molar-refractivity contribution in [2.24, 2.45) is 0 Å². The van der Waals surface area contributed by atoms with Gasteiger partial charge in [0.05, 0.1) is 12.9 Å². The Hall–Kier alpha value is -2.45. The molecule has 10 heteroatoms. The second kappa shape index (κ2) is 5.98. The lowest BCUT2D eigenvalue weighted by molar-refractivity contribution is -0.0636. The molecule has 5 N–H and O–H groups in total. The fourth-order valence-electron chi connectivity index (χ4n) is 2.55. The van der Waals surface area contributed by atoms with Crippen LogP contribution >= 0.6 is 0 Å². The van der Waals surface area contributed by atoms with E-state index in [-0.39, 0.29) is 23.7 Å². The molecule has 0 amide bonds. The monoisotopic (exact) mass is 321 g/mol. The number of rotatable bonds is 4. The summed E-state index contributed by atoms with van der Waals surface area (Å²) in [6.45, 7) is -0.459. The van der Waals surface area contributed by atoms with Gasteiger partial charge in [-0.25, -0.2) is 4.98 Å². The highest BCUT2D eigenvalue weighted by atomic mass is 16.6. The summed E-state index contributed by atoms with van der Waals surface area (Å²) in [5.74, 6) is 2.22. The predicted molar refractivity (Wildman–Crippen MR) is 78.1 cm³/mol. The molecule has 4 atom stereocenters. The molecule has 0 radical (unpaired) electrons. The predicted octanol–water partition coefficient (Wildman–Crippen LogP) is -2.03. The first-order chi connectivity index (χ1) is 11.1. The lowest BCUT2D eigenvalue weighted by atomic mass is 10.1. The summed E-state index contributed by atoms with van der Waals surface area (Å²) in [6, 6.07) is 0. The molecule has 1 saturated heterocycles. The Bertz CT molecular complexity index is 809. The van der Waals surface area contributed by atoms with Crippen molar-refractivity contribution in [2.75, 3.05) is 18.9 Å². The molecule has 4 unspecified atom stereocenters. The first kappa shape index (κ1) is 15.4. The van der Waals surface area contributed by atoms with E-state index in [1.54, 1.807) is 0 Å². The number of fused-ring (bicyclic) bond motifs is 1. The SMILES string of the molecule is C#CCOC1C(O)C(CO)OC1n1cnc2c(=O)[nH]c(N)nc21. The van der Waals surface area contributed by atoms with E-state index in [2.05, 4.69) is 20.9 Å². The number of nitrogens with zero attached hydrogens (tertiary/aromatic N) is 3. The average molecular weight is 321 g/mol. The van der Waals surface area contributed by atoms with Crippen LogP contribution in [-0.2, 0) is 9.47 Å². The molecule has 1 aliphatic heterocycles. The van der Waals surface area contributed by atoms with E-state index in [4.69, 9.17) is 21.6 Å². The van der Waals surface area contributed by atoms with Gasteiger partial charge in [0.25, 0.3) is 5.56 Å². The third-order valence-electron chi connectivity index (χ3n) is 3.58. The second-order valence-electron chi connectivity index (χ2n) is 4.99. The number of ether oxygens (including phenoxy) is 2. The van der Waals surface area contributed by atoms with Gasteiger partial charge in [-0.1, -0.05) is 5.92 Å². The number of aliphatic hydroxyl groups is 2. The third-order valence-corrected chi connectivity index (χ3v) is 3.58. The molecule has 1 fully saturated rings. The van der Waals surface area contributed by atoms with Crippen LogP contribution in [0.15, 0.2) is 11.1 Å². The largest absolute Gasteiger partial charge is 0.394 e. The van der Waals surface area contributed by atoms with Crippen molar-refractivity contribution in [3.8, 4) is 12.3 Å². The van der Waals surface area contributed by atoms with E-state index in [1.807, 2.05) is 0 Å². The minimum Gasteiger partial charge on any atom is -0.394 e. The van der Waals surface area contributed by atoms with Crippen LogP contribution < -0.4 is 11.3 Å². The molecule has 3 rings (SSSR count). The fraction of sp³-hybridized carbons (Fsp3) is 0.462. The fourth-order valence-corrected chi connectivity index (χ4v) is 2.55. The summed E-state index contributed by atoms with van der Waals surface area (Å²) in [6.07, 6.45) is 2.81. The van der Waals surface area contributed by atoms with Crippen LogP contribution in [0.4, 0.5) is 5.95 Å². The van der Waals surface area contributed by atoms with Crippen molar-refractivity contribution in [2.45, 2.75) is 24.5 Å².